The molecule has 0 heterocycles. The monoisotopic (exact) mass is 293 g/mol. The molecular weight excluding hydrogens is 266 g/mol. The standard InChI is InChI=1S/C17H27NO3/c1-17(2,20-4)9-10-21-16-8-7-15(19-3)11-13(16)12-18-14-5-6-14/h7-8,11,14,18H,5-6,9-10,12H2,1-4H3. The van der Waals surface area contributed by atoms with E-state index in [2.05, 4.69) is 19.2 Å². The van der Waals surface area contributed by atoms with Gasteiger partial charge in [0.1, 0.15) is 11.5 Å². The second kappa shape index (κ2) is 7.14. The summed E-state index contributed by atoms with van der Waals surface area (Å²) in [5.74, 6) is 1.79. The van der Waals surface area contributed by atoms with E-state index in [0.717, 1.165) is 30.0 Å². The first-order valence-corrected chi connectivity index (χ1v) is 7.62. The maximum Gasteiger partial charge on any atom is 0.124 e. The molecule has 2 rings (SSSR count). The van der Waals surface area contributed by atoms with Crippen LogP contribution >= 0.6 is 0 Å². The Morgan fingerprint density at radius 3 is 2.62 bits per heavy atom. The van der Waals surface area contributed by atoms with Crippen molar-refractivity contribution in [2.24, 2.45) is 0 Å². The van der Waals surface area contributed by atoms with Gasteiger partial charge < -0.3 is 19.5 Å². The Bertz CT molecular complexity index is 455. The number of ether oxygens (including phenoxy) is 3. The Hall–Kier alpha value is -1.26. The lowest BCUT2D eigenvalue weighted by molar-refractivity contribution is 0.00536. The van der Waals surface area contributed by atoms with Crippen molar-refractivity contribution < 1.29 is 14.2 Å². The van der Waals surface area contributed by atoms with Gasteiger partial charge in [0.15, 0.2) is 0 Å². The predicted octanol–water partition coefficient (Wildman–Crippen LogP) is 3.14. The van der Waals surface area contributed by atoms with E-state index in [1.54, 1.807) is 14.2 Å². The van der Waals surface area contributed by atoms with E-state index >= 15 is 0 Å². The quantitative estimate of drug-likeness (QED) is 0.759. The molecule has 0 saturated heterocycles. The van der Waals surface area contributed by atoms with Crippen LogP contribution in [0.3, 0.4) is 0 Å². The van der Waals surface area contributed by atoms with E-state index in [1.807, 2.05) is 18.2 Å². The minimum Gasteiger partial charge on any atom is -0.497 e. The van der Waals surface area contributed by atoms with Crippen LogP contribution in [0.15, 0.2) is 18.2 Å². The highest BCUT2D eigenvalue weighted by atomic mass is 16.5. The number of rotatable bonds is 9. The normalized spacial score (nSPS) is 15.0. The maximum absolute atomic E-state index is 5.95. The molecule has 0 amide bonds. The van der Waals surface area contributed by atoms with Crippen LogP contribution in [0, 0.1) is 0 Å². The molecule has 0 bridgehead atoms. The topological polar surface area (TPSA) is 39.7 Å². The first kappa shape index (κ1) is 16.1. The zero-order valence-electron chi connectivity index (χ0n) is 13.6. The molecule has 1 aliphatic carbocycles. The van der Waals surface area contributed by atoms with E-state index in [4.69, 9.17) is 14.2 Å². The minimum absolute atomic E-state index is 0.154. The van der Waals surface area contributed by atoms with Gasteiger partial charge in [-0.05, 0) is 44.9 Å². The van der Waals surface area contributed by atoms with Crippen molar-refractivity contribution in [3.05, 3.63) is 23.8 Å². The fraction of sp³-hybridized carbons (Fsp3) is 0.647. The van der Waals surface area contributed by atoms with E-state index in [0.29, 0.717) is 12.6 Å². The molecular formula is C17H27NO3. The third-order valence-corrected chi connectivity index (χ3v) is 3.94. The highest BCUT2D eigenvalue weighted by Gasteiger charge is 2.21. The molecule has 1 aliphatic rings. The van der Waals surface area contributed by atoms with Gasteiger partial charge in [-0.25, -0.2) is 0 Å². The summed E-state index contributed by atoms with van der Waals surface area (Å²) in [4.78, 5) is 0. The Kier molecular flexibility index (Phi) is 5.48. The van der Waals surface area contributed by atoms with Crippen LogP contribution in [0.1, 0.15) is 38.7 Å². The summed E-state index contributed by atoms with van der Waals surface area (Å²) < 4.78 is 16.7. The lowest BCUT2D eigenvalue weighted by atomic mass is 10.1. The number of hydrogen-bond donors (Lipinski definition) is 1. The van der Waals surface area contributed by atoms with Crippen LogP contribution in [-0.2, 0) is 11.3 Å². The van der Waals surface area contributed by atoms with Crippen LogP contribution in [0.5, 0.6) is 11.5 Å². The van der Waals surface area contributed by atoms with Crippen molar-refractivity contribution in [3.8, 4) is 11.5 Å². The third-order valence-electron chi connectivity index (χ3n) is 3.94. The molecule has 0 spiro atoms. The summed E-state index contributed by atoms with van der Waals surface area (Å²) in [6, 6.07) is 6.66. The molecule has 21 heavy (non-hydrogen) atoms. The predicted molar refractivity (Wildman–Crippen MR) is 84.1 cm³/mol. The third kappa shape index (κ3) is 5.21. The first-order valence-electron chi connectivity index (χ1n) is 7.62. The average molecular weight is 293 g/mol. The van der Waals surface area contributed by atoms with Crippen molar-refractivity contribution >= 4 is 0 Å². The smallest absolute Gasteiger partial charge is 0.124 e. The van der Waals surface area contributed by atoms with E-state index in [9.17, 15) is 0 Å². The van der Waals surface area contributed by atoms with Crippen LogP contribution in [0.25, 0.3) is 0 Å². The molecule has 1 saturated carbocycles. The number of benzene rings is 1. The summed E-state index contributed by atoms with van der Waals surface area (Å²) in [6.07, 6.45) is 3.41. The van der Waals surface area contributed by atoms with Crippen molar-refractivity contribution in [2.75, 3.05) is 20.8 Å². The molecule has 1 aromatic carbocycles. The molecule has 4 nitrogen and oxygen atoms in total. The van der Waals surface area contributed by atoms with E-state index in [-0.39, 0.29) is 5.60 Å². The second-order valence-corrected chi connectivity index (χ2v) is 6.19. The molecule has 1 N–H and O–H groups in total. The fourth-order valence-electron chi connectivity index (χ4n) is 2.01. The average Bonchev–Trinajstić information content (AvgIpc) is 3.30. The summed E-state index contributed by atoms with van der Waals surface area (Å²) >= 11 is 0. The van der Waals surface area contributed by atoms with Crippen LogP contribution in [0.2, 0.25) is 0 Å². The number of nitrogens with one attached hydrogen (secondary N) is 1. The highest BCUT2D eigenvalue weighted by molar-refractivity contribution is 5.40. The molecule has 1 aromatic rings. The van der Waals surface area contributed by atoms with Crippen molar-refractivity contribution in [1.82, 2.24) is 5.32 Å². The summed E-state index contributed by atoms with van der Waals surface area (Å²) in [5, 5.41) is 3.52. The van der Waals surface area contributed by atoms with Gasteiger partial charge in [0.05, 0.1) is 19.3 Å². The van der Waals surface area contributed by atoms with E-state index < -0.39 is 0 Å². The maximum atomic E-state index is 5.95. The SMILES string of the molecule is COc1ccc(OCCC(C)(C)OC)c(CNC2CC2)c1. The van der Waals surface area contributed by atoms with Crippen LogP contribution < -0.4 is 14.8 Å². The lowest BCUT2D eigenvalue weighted by Crippen LogP contribution is -2.25. The number of hydrogen-bond acceptors (Lipinski definition) is 4. The van der Waals surface area contributed by atoms with Gasteiger partial charge in [-0.2, -0.15) is 0 Å². The van der Waals surface area contributed by atoms with Crippen molar-refractivity contribution in [3.63, 3.8) is 0 Å². The van der Waals surface area contributed by atoms with Crippen LogP contribution in [-0.4, -0.2) is 32.5 Å². The zero-order chi connectivity index (χ0) is 15.3. The zero-order valence-corrected chi connectivity index (χ0v) is 13.6. The van der Waals surface area contributed by atoms with Crippen molar-refractivity contribution in [2.45, 2.75) is 51.3 Å². The summed E-state index contributed by atoms with van der Waals surface area (Å²) in [7, 11) is 3.42. The van der Waals surface area contributed by atoms with Gasteiger partial charge in [-0.3, -0.25) is 0 Å². The molecule has 0 aliphatic heterocycles. The van der Waals surface area contributed by atoms with Gasteiger partial charge >= 0.3 is 0 Å². The first-order chi connectivity index (χ1) is 10.0. The summed E-state index contributed by atoms with van der Waals surface area (Å²) in [5.41, 5.74) is 0.996. The summed E-state index contributed by atoms with van der Waals surface area (Å²) in [6.45, 7) is 5.61. The molecule has 4 heteroatoms. The molecule has 0 radical (unpaired) electrons. The molecule has 1 fully saturated rings. The van der Waals surface area contributed by atoms with Gasteiger partial charge in [-0.1, -0.05) is 0 Å². The van der Waals surface area contributed by atoms with Crippen molar-refractivity contribution in [1.29, 1.82) is 0 Å². The molecule has 0 unspecified atom stereocenters. The van der Waals surface area contributed by atoms with Gasteiger partial charge in [0.2, 0.25) is 0 Å². The van der Waals surface area contributed by atoms with E-state index in [1.165, 1.54) is 12.8 Å². The minimum atomic E-state index is -0.154. The molecule has 0 atom stereocenters. The Morgan fingerprint density at radius 1 is 1.24 bits per heavy atom. The molecule has 0 aromatic heterocycles. The largest absolute Gasteiger partial charge is 0.497 e. The van der Waals surface area contributed by atoms with Gasteiger partial charge in [0, 0.05) is 31.7 Å². The Morgan fingerprint density at radius 2 is 2.00 bits per heavy atom. The Labute approximate surface area is 127 Å². The number of methoxy groups -OCH3 is 2. The molecule has 118 valence electrons. The fourth-order valence-corrected chi connectivity index (χ4v) is 2.01. The highest BCUT2D eigenvalue weighted by Crippen LogP contribution is 2.27. The lowest BCUT2D eigenvalue weighted by Gasteiger charge is -2.23. The van der Waals surface area contributed by atoms with Crippen LogP contribution in [0.4, 0.5) is 0 Å². The Balaban J connectivity index is 1.95. The van der Waals surface area contributed by atoms with Gasteiger partial charge in [0.25, 0.3) is 0 Å². The van der Waals surface area contributed by atoms with Gasteiger partial charge in [-0.15, -0.1) is 0 Å². The second-order valence-electron chi connectivity index (χ2n) is 6.19.